The summed E-state index contributed by atoms with van der Waals surface area (Å²) >= 11 is 0. The number of ether oxygens (including phenoxy) is 1. The Morgan fingerprint density at radius 2 is 1.89 bits per heavy atom. The average Bonchev–Trinajstić information content (AvgIpc) is 2.79. The molecular weight excluding hydrogens is 391 g/mol. The van der Waals surface area contributed by atoms with Crippen molar-refractivity contribution in [3.63, 3.8) is 0 Å². The Hall–Kier alpha value is -1.98. The molecule has 1 aliphatic heterocycles. The summed E-state index contributed by atoms with van der Waals surface area (Å²) in [5.74, 6) is -0.496. The summed E-state index contributed by atoms with van der Waals surface area (Å²) in [4.78, 5) is 13.9. The highest BCUT2D eigenvalue weighted by Gasteiger charge is 2.50. The van der Waals surface area contributed by atoms with E-state index in [4.69, 9.17) is 4.74 Å². The Morgan fingerprint density at radius 3 is 2.37 bits per heavy atom. The number of rotatable bonds is 3. The minimum Gasteiger partial charge on any atom is -0.444 e. The fraction of sp³-hybridized carbons (Fsp3) is 0.733. The number of alkyl halides is 3. The van der Waals surface area contributed by atoms with Crippen LogP contribution in [0.25, 0.3) is 0 Å². The van der Waals surface area contributed by atoms with E-state index in [1.165, 1.54) is 11.9 Å². The van der Waals surface area contributed by atoms with Gasteiger partial charge in [-0.3, -0.25) is 4.90 Å². The van der Waals surface area contributed by atoms with Gasteiger partial charge in [0, 0.05) is 19.2 Å². The van der Waals surface area contributed by atoms with Gasteiger partial charge in [-0.05, 0) is 33.6 Å². The maximum Gasteiger partial charge on any atom is 0.534 e. The maximum absolute atomic E-state index is 12.6. The summed E-state index contributed by atoms with van der Waals surface area (Å²) in [5, 5.41) is 4.11. The van der Waals surface area contributed by atoms with Crippen molar-refractivity contribution >= 4 is 16.2 Å². The van der Waals surface area contributed by atoms with Gasteiger partial charge in [0.25, 0.3) is 0 Å². The minimum atomic E-state index is -5.82. The molecule has 2 heterocycles. The molecule has 0 saturated heterocycles. The maximum atomic E-state index is 12.6. The third-order valence-electron chi connectivity index (χ3n) is 3.90. The van der Waals surface area contributed by atoms with Gasteiger partial charge in [-0.25, -0.2) is 9.48 Å². The summed E-state index contributed by atoms with van der Waals surface area (Å²) < 4.78 is 71.3. The van der Waals surface area contributed by atoms with Crippen LogP contribution in [0.3, 0.4) is 0 Å². The first-order chi connectivity index (χ1) is 12.2. The first-order valence-corrected chi connectivity index (χ1v) is 9.65. The molecule has 0 fully saturated rings. The number of carbonyl (C=O) groups is 1. The predicted octanol–water partition coefficient (Wildman–Crippen LogP) is 2.89. The van der Waals surface area contributed by atoms with Gasteiger partial charge in [-0.2, -0.15) is 26.7 Å². The molecule has 1 atom stereocenters. The van der Waals surface area contributed by atoms with Crippen molar-refractivity contribution in [2.75, 3.05) is 6.54 Å². The molecule has 1 aromatic heterocycles. The van der Waals surface area contributed by atoms with Crippen molar-refractivity contribution in [3.05, 3.63) is 11.3 Å². The molecule has 27 heavy (non-hydrogen) atoms. The Morgan fingerprint density at radius 1 is 1.30 bits per heavy atom. The molecular formula is C15H22F3N3O5S. The lowest BCUT2D eigenvalue weighted by Crippen LogP contribution is -2.43. The number of nitrogens with zero attached hydrogens (tertiary/aromatic N) is 3. The number of amides is 1. The van der Waals surface area contributed by atoms with Crippen molar-refractivity contribution < 1.29 is 35.3 Å². The van der Waals surface area contributed by atoms with E-state index in [1.54, 1.807) is 27.7 Å². The van der Waals surface area contributed by atoms with Gasteiger partial charge in [0.1, 0.15) is 5.60 Å². The summed E-state index contributed by atoms with van der Waals surface area (Å²) in [6.45, 7) is 7.06. The second-order valence-corrected chi connectivity index (χ2v) is 8.66. The molecule has 0 spiro atoms. The fourth-order valence-electron chi connectivity index (χ4n) is 2.82. The van der Waals surface area contributed by atoms with E-state index in [1.807, 2.05) is 0 Å². The van der Waals surface area contributed by atoms with E-state index >= 15 is 0 Å². The average molecular weight is 413 g/mol. The molecule has 0 aliphatic carbocycles. The van der Waals surface area contributed by atoms with Gasteiger partial charge in [0.05, 0.1) is 11.7 Å². The number of fused-ring (bicyclic) bond motifs is 1. The third kappa shape index (κ3) is 4.30. The van der Waals surface area contributed by atoms with Crippen molar-refractivity contribution in [1.29, 1.82) is 0 Å². The summed E-state index contributed by atoms with van der Waals surface area (Å²) in [7, 11) is -4.54. The number of carbonyl (C=O) groups excluding carboxylic acids is 1. The molecule has 0 bridgehead atoms. The van der Waals surface area contributed by atoms with Crippen LogP contribution in [0.5, 0.6) is 5.88 Å². The summed E-state index contributed by atoms with van der Waals surface area (Å²) in [5.41, 5.74) is -5.73. The number of hydrogen-bond acceptors (Lipinski definition) is 6. The van der Waals surface area contributed by atoms with E-state index in [0.717, 1.165) is 4.68 Å². The lowest BCUT2D eigenvalue weighted by Gasteiger charge is -2.35. The highest BCUT2D eigenvalue weighted by atomic mass is 32.2. The zero-order chi connectivity index (χ0) is 20.8. The van der Waals surface area contributed by atoms with E-state index in [2.05, 4.69) is 9.28 Å². The summed E-state index contributed by atoms with van der Waals surface area (Å²) in [6.07, 6.45) is -0.0767. The molecule has 0 saturated carbocycles. The molecule has 8 nitrogen and oxygen atoms in total. The minimum absolute atomic E-state index is 0.0849. The Labute approximate surface area is 155 Å². The van der Waals surface area contributed by atoms with Gasteiger partial charge < -0.3 is 8.92 Å². The van der Waals surface area contributed by atoms with Crippen LogP contribution in [0.4, 0.5) is 18.0 Å². The van der Waals surface area contributed by atoms with E-state index < -0.39 is 39.2 Å². The molecule has 0 N–H and O–H groups in total. The molecule has 2 rings (SSSR count). The molecule has 1 aliphatic rings. The van der Waals surface area contributed by atoms with Crippen molar-refractivity contribution in [2.24, 2.45) is 7.05 Å². The second kappa shape index (κ2) is 6.88. The first-order valence-electron chi connectivity index (χ1n) is 8.24. The number of hydrogen-bond donors (Lipinski definition) is 0. The third-order valence-corrected chi connectivity index (χ3v) is 4.84. The fourth-order valence-corrected chi connectivity index (χ4v) is 3.33. The second-order valence-electron chi connectivity index (χ2n) is 7.12. The predicted molar refractivity (Wildman–Crippen MR) is 88.5 cm³/mol. The quantitative estimate of drug-likeness (QED) is 0.559. The SMILES string of the molecule is CCC1c2nn(C)c(OS(=O)(=O)C(F)(F)F)c2CCN1C(=O)OC(C)(C)C. The molecule has 12 heteroatoms. The molecule has 1 unspecified atom stereocenters. The summed E-state index contributed by atoms with van der Waals surface area (Å²) in [6, 6.07) is -0.569. The zero-order valence-electron chi connectivity index (χ0n) is 15.6. The molecule has 154 valence electrons. The van der Waals surface area contributed by atoms with Crippen LogP contribution in [-0.4, -0.2) is 46.8 Å². The van der Waals surface area contributed by atoms with E-state index in [0.29, 0.717) is 12.1 Å². The molecule has 0 aromatic carbocycles. The van der Waals surface area contributed by atoms with Crippen LogP contribution in [-0.2, 0) is 28.3 Å². The molecule has 1 amide bonds. The highest BCUT2D eigenvalue weighted by Crippen LogP contribution is 2.38. The lowest BCUT2D eigenvalue weighted by atomic mass is 9.98. The van der Waals surface area contributed by atoms with Crippen LogP contribution in [0.15, 0.2) is 0 Å². The van der Waals surface area contributed by atoms with Crippen LogP contribution in [0.2, 0.25) is 0 Å². The number of halogens is 3. The largest absolute Gasteiger partial charge is 0.534 e. The zero-order valence-corrected chi connectivity index (χ0v) is 16.4. The Bertz CT molecular complexity index is 827. The van der Waals surface area contributed by atoms with Gasteiger partial charge >= 0.3 is 21.7 Å². The monoisotopic (exact) mass is 413 g/mol. The van der Waals surface area contributed by atoms with Crippen molar-refractivity contribution in [1.82, 2.24) is 14.7 Å². The van der Waals surface area contributed by atoms with Gasteiger partial charge in [0.15, 0.2) is 0 Å². The van der Waals surface area contributed by atoms with Crippen molar-refractivity contribution in [3.8, 4) is 5.88 Å². The van der Waals surface area contributed by atoms with Crippen LogP contribution < -0.4 is 4.18 Å². The topological polar surface area (TPSA) is 90.7 Å². The number of aryl methyl sites for hydroxylation is 1. The highest BCUT2D eigenvalue weighted by molar-refractivity contribution is 7.87. The van der Waals surface area contributed by atoms with Crippen molar-refractivity contribution in [2.45, 2.75) is 57.7 Å². The van der Waals surface area contributed by atoms with E-state index in [-0.39, 0.29) is 18.5 Å². The van der Waals surface area contributed by atoms with Crippen LogP contribution >= 0.6 is 0 Å². The standard InChI is InChI=1S/C15H22F3N3O5S/c1-6-10-11-9(7-8-21(10)13(22)25-14(2,3)4)12(20(5)19-11)26-27(23,24)15(16,17)18/h10H,6-8H2,1-5H3. The van der Waals surface area contributed by atoms with E-state index in [9.17, 15) is 26.4 Å². The molecule has 1 aromatic rings. The van der Waals surface area contributed by atoms with Gasteiger partial charge in [0.2, 0.25) is 5.88 Å². The normalized spacial score (nSPS) is 18.2. The first kappa shape index (κ1) is 21.3. The van der Waals surface area contributed by atoms with Gasteiger partial charge in [-0.15, -0.1) is 0 Å². The van der Waals surface area contributed by atoms with Gasteiger partial charge in [-0.1, -0.05) is 6.92 Å². The Balaban J connectivity index is 2.39. The smallest absolute Gasteiger partial charge is 0.444 e. The Kier molecular flexibility index (Phi) is 5.43. The lowest BCUT2D eigenvalue weighted by molar-refractivity contribution is -0.0502. The number of aromatic nitrogens is 2. The van der Waals surface area contributed by atoms with Crippen LogP contribution in [0, 0.1) is 0 Å². The van der Waals surface area contributed by atoms with Crippen LogP contribution in [0.1, 0.15) is 51.4 Å². The molecule has 0 radical (unpaired) electrons.